The van der Waals surface area contributed by atoms with Gasteiger partial charge < -0.3 is 8.37 Å². The molecule has 0 unspecified atom stereocenters. The lowest BCUT2D eigenvalue weighted by atomic mass is 10.1. The highest BCUT2D eigenvalue weighted by atomic mass is 32.2. The molecule has 0 aliphatic heterocycles. The van der Waals surface area contributed by atoms with Gasteiger partial charge in [-0.3, -0.25) is 0 Å². The number of halogens is 12. The van der Waals surface area contributed by atoms with Gasteiger partial charge in [0.15, 0.2) is 0 Å². The van der Waals surface area contributed by atoms with Crippen molar-refractivity contribution in [3.05, 3.63) is 82.9 Å². The van der Waals surface area contributed by atoms with Crippen LogP contribution in [0.1, 0.15) is 22.3 Å². The fraction of sp³-hybridized carbons (Fsp3) is 0.182. The summed E-state index contributed by atoms with van der Waals surface area (Å²) in [6.45, 7) is 0. The second-order valence-electron chi connectivity index (χ2n) is 8.03. The highest BCUT2D eigenvalue weighted by Crippen LogP contribution is 2.39. The predicted octanol–water partition coefficient (Wildman–Crippen LogP) is 7.30. The zero-order chi connectivity index (χ0) is 32.1. The number of hydrogen-bond donors (Lipinski definition) is 0. The van der Waals surface area contributed by atoms with Crippen LogP contribution in [0.4, 0.5) is 52.7 Å². The molecule has 0 aromatic heterocycles. The Morgan fingerprint density at radius 2 is 0.690 bits per heavy atom. The maximum atomic E-state index is 13.1. The summed E-state index contributed by atoms with van der Waals surface area (Å²) in [7, 11) is -11.0. The maximum absolute atomic E-state index is 13.1. The SMILES string of the molecule is O=S(=O)(Oc1cccc(OS(=O)(=O)c2cc(C(F)(F)F)cc(C(F)(F)F)c2)c1)c1cc(C(F)(F)F)cc(C(F)(F)F)c1. The van der Waals surface area contributed by atoms with E-state index < -0.39 is 88.5 Å². The van der Waals surface area contributed by atoms with Crippen LogP contribution in [-0.4, -0.2) is 16.8 Å². The van der Waals surface area contributed by atoms with Gasteiger partial charge in [-0.25, -0.2) is 0 Å². The highest BCUT2D eigenvalue weighted by Gasteiger charge is 2.40. The molecular weight excluding hydrogens is 652 g/mol. The van der Waals surface area contributed by atoms with Crippen LogP contribution in [0, 0.1) is 0 Å². The van der Waals surface area contributed by atoms with E-state index in [9.17, 15) is 69.5 Å². The lowest BCUT2D eigenvalue weighted by Crippen LogP contribution is -2.16. The zero-order valence-corrected chi connectivity index (χ0v) is 21.2. The van der Waals surface area contributed by atoms with Crippen molar-refractivity contribution in [1.29, 1.82) is 0 Å². The summed E-state index contributed by atoms with van der Waals surface area (Å²) in [5.74, 6) is -1.96. The molecule has 0 aliphatic carbocycles. The van der Waals surface area contributed by atoms with Gasteiger partial charge in [-0.15, -0.1) is 0 Å². The van der Waals surface area contributed by atoms with E-state index >= 15 is 0 Å². The maximum Gasteiger partial charge on any atom is 0.416 e. The molecule has 0 spiro atoms. The summed E-state index contributed by atoms with van der Waals surface area (Å²) in [5, 5.41) is 0. The lowest BCUT2D eigenvalue weighted by molar-refractivity contribution is -0.145. The molecule has 0 bridgehead atoms. The standard InChI is InChI=1S/C22H10F12O6S2/c23-19(24,25)11-4-12(20(26,27)28)7-17(6-11)41(35,36)39-15-2-1-3-16(10-15)40-42(37,38)18-8-13(21(29,30)31)5-14(9-18)22(32,33)34/h1-10H. The van der Waals surface area contributed by atoms with Crippen molar-refractivity contribution in [2.24, 2.45) is 0 Å². The van der Waals surface area contributed by atoms with Crippen LogP contribution in [0.25, 0.3) is 0 Å². The normalized spacial score (nSPS) is 13.6. The fourth-order valence-corrected chi connectivity index (χ4v) is 5.06. The molecule has 0 atom stereocenters. The Labute approximate surface area is 227 Å². The third-order valence-electron chi connectivity index (χ3n) is 4.92. The number of hydrogen-bond acceptors (Lipinski definition) is 6. The summed E-state index contributed by atoms with van der Waals surface area (Å²) in [5.41, 5.74) is -8.05. The van der Waals surface area contributed by atoms with Crippen molar-refractivity contribution in [2.75, 3.05) is 0 Å². The average molecular weight is 662 g/mol. The molecule has 0 aliphatic rings. The highest BCUT2D eigenvalue weighted by molar-refractivity contribution is 7.87. The molecule has 3 aromatic carbocycles. The van der Waals surface area contributed by atoms with E-state index in [-0.39, 0.29) is 36.4 Å². The van der Waals surface area contributed by atoms with Crippen LogP contribution in [0.2, 0.25) is 0 Å². The smallest absolute Gasteiger partial charge is 0.379 e. The van der Waals surface area contributed by atoms with Gasteiger partial charge in [0, 0.05) is 6.07 Å². The second kappa shape index (κ2) is 10.5. The minimum absolute atomic E-state index is 0.179. The molecule has 0 saturated heterocycles. The van der Waals surface area contributed by atoms with Crippen LogP contribution in [0.3, 0.4) is 0 Å². The van der Waals surface area contributed by atoms with Crippen molar-refractivity contribution in [1.82, 2.24) is 0 Å². The van der Waals surface area contributed by atoms with E-state index in [1.807, 2.05) is 0 Å². The van der Waals surface area contributed by atoms with Crippen molar-refractivity contribution >= 4 is 20.2 Å². The van der Waals surface area contributed by atoms with Crippen molar-refractivity contribution < 1.29 is 77.9 Å². The summed E-state index contributed by atoms with van der Waals surface area (Å²) >= 11 is 0. The Morgan fingerprint density at radius 3 is 0.929 bits per heavy atom. The molecule has 3 rings (SSSR count). The Balaban J connectivity index is 2.00. The molecule has 0 saturated carbocycles. The summed E-state index contributed by atoms with van der Waals surface area (Å²) in [6.07, 6.45) is -21.7. The summed E-state index contributed by atoms with van der Waals surface area (Å²) in [6, 6.07) is 1.13. The molecule has 0 heterocycles. The Kier molecular flexibility index (Phi) is 8.24. The van der Waals surface area contributed by atoms with Crippen molar-refractivity contribution in [3.8, 4) is 11.5 Å². The molecular formula is C22H10F12O6S2. The Bertz CT molecular complexity index is 1520. The van der Waals surface area contributed by atoms with Gasteiger partial charge in [-0.2, -0.15) is 69.5 Å². The molecule has 230 valence electrons. The van der Waals surface area contributed by atoms with E-state index in [0.29, 0.717) is 18.2 Å². The molecule has 42 heavy (non-hydrogen) atoms. The van der Waals surface area contributed by atoms with Gasteiger partial charge in [0.2, 0.25) is 0 Å². The number of benzene rings is 3. The largest absolute Gasteiger partial charge is 0.416 e. The van der Waals surface area contributed by atoms with Crippen LogP contribution >= 0.6 is 0 Å². The monoisotopic (exact) mass is 662 g/mol. The molecule has 0 fully saturated rings. The van der Waals surface area contributed by atoms with Gasteiger partial charge in [0.25, 0.3) is 0 Å². The fourth-order valence-electron chi connectivity index (χ4n) is 3.07. The Hall–Kier alpha value is -3.68. The Morgan fingerprint density at radius 1 is 0.429 bits per heavy atom. The van der Waals surface area contributed by atoms with Crippen molar-refractivity contribution in [3.63, 3.8) is 0 Å². The molecule has 3 aromatic rings. The second-order valence-corrected chi connectivity index (χ2v) is 11.1. The van der Waals surface area contributed by atoms with Gasteiger partial charge in [0.1, 0.15) is 21.3 Å². The average Bonchev–Trinajstić information content (AvgIpc) is 2.81. The number of alkyl halides is 12. The van der Waals surface area contributed by atoms with E-state index in [1.165, 1.54) is 0 Å². The van der Waals surface area contributed by atoms with E-state index in [2.05, 4.69) is 8.37 Å². The molecule has 0 amide bonds. The summed E-state index contributed by atoms with van der Waals surface area (Å²) in [4.78, 5) is -3.24. The van der Waals surface area contributed by atoms with Crippen LogP contribution in [0.15, 0.2) is 70.5 Å². The first-order valence-electron chi connectivity index (χ1n) is 10.4. The molecule has 20 heteroatoms. The first-order valence-corrected chi connectivity index (χ1v) is 13.2. The number of rotatable bonds is 6. The third-order valence-corrected chi connectivity index (χ3v) is 7.37. The van der Waals surface area contributed by atoms with E-state index in [4.69, 9.17) is 0 Å². The van der Waals surface area contributed by atoms with Gasteiger partial charge in [-0.05, 0) is 48.5 Å². The van der Waals surface area contributed by atoms with E-state index in [0.717, 1.165) is 6.07 Å². The van der Waals surface area contributed by atoms with E-state index in [1.54, 1.807) is 0 Å². The van der Waals surface area contributed by atoms with Gasteiger partial charge >= 0.3 is 44.9 Å². The van der Waals surface area contributed by atoms with Gasteiger partial charge in [0.05, 0.1) is 22.3 Å². The first kappa shape index (κ1) is 32.8. The van der Waals surface area contributed by atoms with Crippen LogP contribution in [0.5, 0.6) is 11.5 Å². The zero-order valence-electron chi connectivity index (χ0n) is 19.6. The first-order chi connectivity index (χ1) is 18.8. The minimum atomic E-state index is -5.49. The van der Waals surface area contributed by atoms with Crippen LogP contribution < -0.4 is 8.37 Å². The topological polar surface area (TPSA) is 86.7 Å². The quantitative estimate of drug-likeness (QED) is 0.204. The summed E-state index contributed by atoms with van der Waals surface area (Å²) < 4.78 is 216. The van der Waals surface area contributed by atoms with Crippen LogP contribution in [-0.2, 0) is 44.9 Å². The molecule has 6 nitrogen and oxygen atoms in total. The van der Waals surface area contributed by atoms with Crippen molar-refractivity contribution in [2.45, 2.75) is 34.5 Å². The van der Waals surface area contributed by atoms with Gasteiger partial charge in [-0.1, -0.05) is 6.07 Å². The molecule has 0 N–H and O–H groups in total. The third kappa shape index (κ3) is 7.78. The predicted molar refractivity (Wildman–Crippen MR) is 115 cm³/mol. The molecule has 0 radical (unpaired) electrons. The lowest BCUT2D eigenvalue weighted by Gasteiger charge is -2.15. The minimum Gasteiger partial charge on any atom is -0.379 e.